The number of carbonyl (C=O) groups excluding carboxylic acids is 2. The Bertz CT molecular complexity index is 476. The van der Waals surface area contributed by atoms with Crippen LogP contribution in [0.2, 0.25) is 0 Å². The van der Waals surface area contributed by atoms with Crippen LogP contribution < -0.4 is 10.6 Å². The van der Waals surface area contributed by atoms with Gasteiger partial charge in [0, 0.05) is 38.7 Å². The van der Waals surface area contributed by atoms with Crippen LogP contribution in [0.15, 0.2) is 0 Å². The van der Waals surface area contributed by atoms with E-state index in [-0.39, 0.29) is 12.2 Å². The summed E-state index contributed by atoms with van der Waals surface area (Å²) in [7, 11) is 7.51. The summed E-state index contributed by atoms with van der Waals surface area (Å²) in [5, 5.41) is 5.47. The number of amides is 2. The number of carbonyl (C=O) groups is 2. The molecule has 2 amide bonds. The van der Waals surface area contributed by atoms with Crippen molar-refractivity contribution in [2.75, 3.05) is 59.5 Å². The van der Waals surface area contributed by atoms with Gasteiger partial charge in [0.1, 0.15) is 6.04 Å². The van der Waals surface area contributed by atoms with Gasteiger partial charge < -0.3 is 24.6 Å². The normalized spacial score (nSPS) is 12.5. The molecule has 0 bridgehead atoms. The number of nitrogens with zero attached hydrogens (tertiary/aromatic N) is 1. The molecule has 0 radical (unpaired) electrons. The molecule has 1 unspecified atom stereocenters. The molecule has 156 valence electrons. The maximum absolute atomic E-state index is 12.4. The largest absolute Gasteiger partial charge is 0.355 e. The van der Waals surface area contributed by atoms with Gasteiger partial charge in [0.05, 0.1) is 27.2 Å². The molecule has 2 N–H and O–H groups in total. The molecule has 0 aromatic heterocycles. The van der Waals surface area contributed by atoms with Crippen LogP contribution in [-0.4, -0.2) is 88.1 Å². The Morgan fingerprint density at radius 1 is 1.15 bits per heavy atom. The maximum atomic E-state index is 12.4. The maximum Gasteiger partial charge on any atom is 0.296 e. The predicted octanol–water partition coefficient (Wildman–Crippen LogP) is 0.839. The summed E-state index contributed by atoms with van der Waals surface area (Å²) in [6.45, 7) is 4.87. The van der Waals surface area contributed by atoms with Gasteiger partial charge in [-0.05, 0) is 12.3 Å². The van der Waals surface area contributed by atoms with Crippen LogP contribution in [-0.2, 0) is 19.1 Å². The second-order valence-corrected chi connectivity index (χ2v) is 8.06. The topological polar surface area (TPSA) is 76.7 Å². The third-order valence-electron chi connectivity index (χ3n) is 4.17. The molecule has 0 fully saturated rings. The van der Waals surface area contributed by atoms with E-state index in [9.17, 15) is 9.59 Å². The van der Waals surface area contributed by atoms with E-state index in [2.05, 4.69) is 31.7 Å². The van der Waals surface area contributed by atoms with Gasteiger partial charge in [-0.2, -0.15) is 11.8 Å². The van der Waals surface area contributed by atoms with Gasteiger partial charge >= 0.3 is 0 Å². The highest BCUT2D eigenvalue weighted by Gasteiger charge is 2.21. The Balaban J connectivity index is 4.41. The molecule has 7 nitrogen and oxygen atoms in total. The van der Waals surface area contributed by atoms with Crippen LogP contribution in [0.1, 0.15) is 26.2 Å². The van der Waals surface area contributed by atoms with E-state index >= 15 is 0 Å². The molecule has 0 saturated carbocycles. The number of hydrogen-bond acceptors (Lipinski definition) is 5. The summed E-state index contributed by atoms with van der Waals surface area (Å²) < 4.78 is 11.2. The summed E-state index contributed by atoms with van der Waals surface area (Å²) in [5.41, 5.74) is 0. The van der Waals surface area contributed by atoms with Gasteiger partial charge in [-0.3, -0.25) is 9.59 Å². The van der Waals surface area contributed by atoms with E-state index < -0.39 is 11.9 Å². The van der Waals surface area contributed by atoms with E-state index in [1.165, 1.54) is 24.6 Å². The Morgan fingerprint density at radius 2 is 1.78 bits per heavy atom. The highest BCUT2D eigenvalue weighted by atomic mass is 32.2. The first-order valence-corrected chi connectivity index (χ1v) is 10.4. The van der Waals surface area contributed by atoms with E-state index in [0.717, 1.165) is 24.0 Å². The molecule has 0 aromatic rings. The lowest BCUT2D eigenvalue weighted by atomic mass is 10.2. The minimum atomic E-state index is -0.685. The van der Waals surface area contributed by atoms with Crippen LogP contribution in [0.4, 0.5) is 0 Å². The van der Waals surface area contributed by atoms with E-state index in [4.69, 9.17) is 15.9 Å². The number of unbranched alkanes of at least 4 members (excludes halogenated alkanes) is 1. The van der Waals surface area contributed by atoms with E-state index in [1.54, 1.807) is 14.2 Å². The summed E-state index contributed by atoms with van der Waals surface area (Å²) >= 11 is 1.45. The molecule has 0 aliphatic rings. The number of nitrogens with one attached hydrogen (secondary N) is 2. The molecule has 0 heterocycles. The van der Waals surface area contributed by atoms with Crippen molar-refractivity contribution in [2.24, 2.45) is 0 Å². The Kier molecular flexibility index (Phi) is 14.1. The van der Waals surface area contributed by atoms with Gasteiger partial charge in [-0.25, -0.2) is 0 Å². The molecular formula is C19H36N3O4S+. The fraction of sp³-hybridized carbons (Fsp3) is 0.789. The molecule has 0 aliphatic carbocycles. The van der Waals surface area contributed by atoms with Gasteiger partial charge in [0.2, 0.25) is 5.91 Å². The lowest BCUT2D eigenvalue weighted by Gasteiger charge is -2.29. The molecule has 8 heteroatoms. The summed E-state index contributed by atoms with van der Waals surface area (Å²) in [4.78, 5) is 23.9. The summed E-state index contributed by atoms with van der Waals surface area (Å²) in [6.07, 6.45) is 8.00. The number of quaternary nitrogens is 1. The van der Waals surface area contributed by atoms with Crippen molar-refractivity contribution in [1.82, 2.24) is 10.6 Å². The molecule has 0 rings (SSSR count). The molecular weight excluding hydrogens is 366 g/mol. The van der Waals surface area contributed by atoms with Crippen molar-refractivity contribution in [1.29, 1.82) is 0 Å². The number of terminal acetylenes is 1. The van der Waals surface area contributed by atoms with Crippen LogP contribution in [0, 0.1) is 12.3 Å². The minimum absolute atomic E-state index is 0.226. The SMILES string of the molecule is C#CC(=O)NC(CSCC(OC)OC)C(=O)NCCC[N+](C)(C)CCCC. The first kappa shape index (κ1) is 25.7. The van der Waals surface area contributed by atoms with Crippen molar-refractivity contribution in [3.8, 4) is 12.3 Å². The Morgan fingerprint density at radius 3 is 2.33 bits per heavy atom. The van der Waals surface area contributed by atoms with Gasteiger partial charge in [-0.15, -0.1) is 6.42 Å². The van der Waals surface area contributed by atoms with Crippen molar-refractivity contribution in [3.63, 3.8) is 0 Å². The van der Waals surface area contributed by atoms with Crippen molar-refractivity contribution in [2.45, 2.75) is 38.5 Å². The Labute approximate surface area is 168 Å². The third kappa shape index (κ3) is 12.7. The minimum Gasteiger partial charge on any atom is -0.355 e. The van der Waals surface area contributed by atoms with Crippen LogP contribution >= 0.6 is 11.8 Å². The lowest BCUT2D eigenvalue weighted by Crippen LogP contribution is -2.49. The van der Waals surface area contributed by atoms with E-state index in [1.807, 2.05) is 5.92 Å². The summed E-state index contributed by atoms with van der Waals surface area (Å²) in [5.74, 6) is 2.10. The summed E-state index contributed by atoms with van der Waals surface area (Å²) in [6, 6.07) is -0.685. The van der Waals surface area contributed by atoms with Crippen LogP contribution in [0.25, 0.3) is 0 Å². The zero-order valence-corrected chi connectivity index (χ0v) is 18.2. The highest BCUT2D eigenvalue weighted by Crippen LogP contribution is 2.08. The lowest BCUT2D eigenvalue weighted by molar-refractivity contribution is -0.890. The molecule has 27 heavy (non-hydrogen) atoms. The first-order valence-electron chi connectivity index (χ1n) is 9.29. The van der Waals surface area contributed by atoms with Crippen molar-refractivity contribution < 1.29 is 23.5 Å². The monoisotopic (exact) mass is 402 g/mol. The number of thioether (sulfide) groups is 1. The quantitative estimate of drug-likeness (QED) is 0.184. The van der Waals surface area contributed by atoms with Gasteiger partial charge in [0.15, 0.2) is 6.29 Å². The Hall–Kier alpha value is -1.27. The van der Waals surface area contributed by atoms with Crippen molar-refractivity contribution in [3.05, 3.63) is 0 Å². The third-order valence-corrected chi connectivity index (χ3v) is 5.25. The number of ether oxygens (including phenoxy) is 2. The standard InChI is InChI=1S/C19H35N3O4S/c1-7-9-12-22(3,4)13-10-11-20-19(24)16(21-17(23)8-2)14-27-15-18(25-5)26-6/h2,16,18H,7,9-15H2,1,3-6H3,(H-,20,21,23,24)/p+1. The zero-order chi connectivity index (χ0) is 20.7. The molecule has 0 aromatic carbocycles. The van der Waals surface area contributed by atoms with Crippen molar-refractivity contribution >= 4 is 23.6 Å². The first-order chi connectivity index (χ1) is 12.8. The van der Waals surface area contributed by atoms with Gasteiger partial charge in [-0.1, -0.05) is 13.3 Å². The molecule has 0 saturated heterocycles. The fourth-order valence-electron chi connectivity index (χ4n) is 2.44. The van der Waals surface area contributed by atoms with Crippen LogP contribution in [0.3, 0.4) is 0 Å². The number of methoxy groups -OCH3 is 2. The molecule has 0 aliphatic heterocycles. The highest BCUT2D eigenvalue weighted by molar-refractivity contribution is 7.99. The number of rotatable bonds is 15. The predicted molar refractivity (Wildman–Crippen MR) is 110 cm³/mol. The van der Waals surface area contributed by atoms with Gasteiger partial charge in [0.25, 0.3) is 5.91 Å². The average Bonchev–Trinajstić information content (AvgIpc) is 2.65. The molecule has 0 spiro atoms. The second-order valence-electron chi connectivity index (χ2n) is 6.99. The van der Waals surface area contributed by atoms with E-state index in [0.29, 0.717) is 18.1 Å². The number of hydrogen-bond donors (Lipinski definition) is 2. The molecule has 1 atom stereocenters. The van der Waals surface area contributed by atoms with Crippen LogP contribution in [0.5, 0.6) is 0 Å². The fourth-order valence-corrected chi connectivity index (χ4v) is 3.51. The smallest absolute Gasteiger partial charge is 0.296 e. The average molecular weight is 403 g/mol. The second kappa shape index (κ2) is 14.7. The zero-order valence-electron chi connectivity index (χ0n) is 17.4.